The summed E-state index contributed by atoms with van der Waals surface area (Å²) in [4.78, 5) is 0. The largest absolute Gasteiger partial charge is 0.299 e. The molecule has 8 heavy (non-hydrogen) atoms. The molecule has 0 saturated heterocycles. The first kappa shape index (κ1) is 7.31. The predicted octanol–water partition coefficient (Wildman–Crippen LogP) is 0.365. The first-order valence-corrected chi connectivity index (χ1v) is 2.13. The van der Waals surface area contributed by atoms with Crippen LogP contribution in [0, 0.1) is 11.3 Å². The fraction of sp³-hybridized carbons (Fsp3) is 0.750. The molecular weight excluding hydrogens is 114 g/mol. The van der Waals surface area contributed by atoms with E-state index in [-0.39, 0.29) is 6.54 Å². The van der Waals surface area contributed by atoms with Gasteiger partial charge in [0.2, 0.25) is 0 Å². The third kappa shape index (κ3) is 5.31. The van der Waals surface area contributed by atoms with Gasteiger partial charge in [0.25, 0.3) is 6.43 Å². The molecule has 0 heterocycles. The Hall–Kier alpha value is -0.690. The zero-order chi connectivity index (χ0) is 6.41. The maximum Gasteiger partial charge on any atom is 0.250 e. The van der Waals surface area contributed by atoms with E-state index in [1.165, 1.54) is 0 Å². The fourth-order valence-electron chi connectivity index (χ4n) is 0.237. The summed E-state index contributed by atoms with van der Waals surface area (Å²) >= 11 is 0. The number of hydrogen-bond donors (Lipinski definition) is 1. The summed E-state index contributed by atoms with van der Waals surface area (Å²) in [7, 11) is 0. The lowest BCUT2D eigenvalue weighted by Crippen LogP contribution is -2.20. The van der Waals surface area contributed by atoms with Crippen LogP contribution in [0.3, 0.4) is 0 Å². The van der Waals surface area contributed by atoms with Crippen LogP contribution in [0.1, 0.15) is 0 Å². The molecule has 0 aromatic carbocycles. The van der Waals surface area contributed by atoms with Crippen molar-refractivity contribution in [3.8, 4) is 6.07 Å². The monoisotopic (exact) mass is 120 g/mol. The Kier molecular flexibility index (Phi) is 4.08. The number of alkyl halides is 2. The number of nitrogens with one attached hydrogen (secondary N) is 1. The summed E-state index contributed by atoms with van der Waals surface area (Å²) in [6.45, 7) is -0.405. The maximum atomic E-state index is 11.2. The quantitative estimate of drug-likeness (QED) is 0.431. The number of rotatable bonds is 3. The van der Waals surface area contributed by atoms with Crippen molar-refractivity contribution >= 4 is 0 Å². The molecular formula is C4H6F2N2. The Balaban J connectivity index is 2.85. The SMILES string of the molecule is N#CCNCC(F)F. The van der Waals surface area contributed by atoms with Crippen LogP contribution in [0.4, 0.5) is 8.78 Å². The summed E-state index contributed by atoms with van der Waals surface area (Å²) in [5.41, 5.74) is 0. The highest BCUT2D eigenvalue weighted by atomic mass is 19.3. The summed E-state index contributed by atoms with van der Waals surface area (Å²) < 4.78 is 22.4. The molecule has 1 N–H and O–H groups in total. The van der Waals surface area contributed by atoms with E-state index < -0.39 is 13.0 Å². The molecule has 2 nitrogen and oxygen atoms in total. The number of halogens is 2. The second kappa shape index (κ2) is 4.47. The molecule has 4 heteroatoms. The van der Waals surface area contributed by atoms with Crippen molar-refractivity contribution < 1.29 is 8.78 Å². The molecule has 0 aliphatic carbocycles. The predicted molar refractivity (Wildman–Crippen MR) is 24.5 cm³/mol. The molecule has 0 rings (SSSR count). The van der Waals surface area contributed by atoms with Crippen molar-refractivity contribution in [1.29, 1.82) is 5.26 Å². The highest BCUT2D eigenvalue weighted by molar-refractivity contribution is 4.72. The molecule has 0 fully saturated rings. The van der Waals surface area contributed by atoms with Gasteiger partial charge in [0.15, 0.2) is 0 Å². The molecule has 0 radical (unpaired) electrons. The zero-order valence-corrected chi connectivity index (χ0v) is 4.19. The zero-order valence-electron chi connectivity index (χ0n) is 4.19. The van der Waals surface area contributed by atoms with Crippen molar-refractivity contribution in [2.75, 3.05) is 13.1 Å². The van der Waals surface area contributed by atoms with E-state index in [1.54, 1.807) is 6.07 Å². The van der Waals surface area contributed by atoms with Gasteiger partial charge in [0.05, 0.1) is 19.2 Å². The average molecular weight is 120 g/mol. The van der Waals surface area contributed by atoms with Gasteiger partial charge < -0.3 is 0 Å². The Bertz CT molecular complexity index is 86.5. The van der Waals surface area contributed by atoms with Gasteiger partial charge in [-0.25, -0.2) is 8.78 Å². The topological polar surface area (TPSA) is 35.8 Å². The number of hydrogen-bond acceptors (Lipinski definition) is 2. The highest BCUT2D eigenvalue weighted by Gasteiger charge is 1.97. The standard InChI is InChI=1S/C4H6F2N2/c5-4(6)3-8-2-1-7/h4,8H,2-3H2. The molecule has 46 valence electrons. The maximum absolute atomic E-state index is 11.2. The van der Waals surface area contributed by atoms with Gasteiger partial charge in [-0.1, -0.05) is 0 Å². The van der Waals surface area contributed by atoms with Crippen LogP contribution in [0.15, 0.2) is 0 Å². The first-order chi connectivity index (χ1) is 3.77. The van der Waals surface area contributed by atoms with E-state index in [2.05, 4.69) is 5.32 Å². The normalized spacial score (nSPS) is 9.25. The van der Waals surface area contributed by atoms with Gasteiger partial charge in [-0.05, 0) is 0 Å². The average Bonchev–Trinajstić information content (AvgIpc) is 1.66. The summed E-state index contributed by atoms with van der Waals surface area (Å²) in [5.74, 6) is 0. The van der Waals surface area contributed by atoms with E-state index in [1.807, 2.05) is 0 Å². The summed E-state index contributed by atoms with van der Waals surface area (Å²) in [5, 5.41) is 10.0. The Morgan fingerprint density at radius 2 is 2.25 bits per heavy atom. The van der Waals surface area contributed by atoms with Gasteiger partial charge in [-0.3, -0.25) is 5.32 Å². The van der Waals surface area contributed by atoms with Crippen molar-refractivity contribution in [2.24, 2.45) is 0 Å². The lowest BCUT2D eigenvalue weighted by molar-refractivity contribution is 0.147. The van der Waals surface area contributed by atoms with Crippen LogP contribution in [0.25, 0.3) is 0 Å². The van der Waals surface area contributed by atoms with Crippen LogP contribution < -0.4 is 5.32 Å². The molecule has 0 aliphatic heterocycles. The molecule has 0 spiro atoms. The Morgan fingerprint density at radius 3 is 2.62 bits per heavy atom. The van der Waals surface area contributed by atoms with Crippen molar-refractivity contribution in [3.05, 3.63) is 0 Å². The Morgan fingerprint density at radius 1 is 1.62 bits per heavy atom. The minimum absolute atomic E-state index is 0.00958. The van der Waals surface area contributed by atoms with Crippen LogP contribution in [0.2, 0.25) is 0 Å². The van der Waals surface area contributed by atoms with Crippen LogP contribution in [0.5, 0.6) is 0 Å². The highest BCUT2D eigenvalue weighted by Crippen LogP contribution is 1.85. The molecule has 0 aliphatic rings. The van der Waals surface area contributed by atoms with E-state index in [4.69, 9.17) is 5.26 Å². The molecule has 0 amide bonds. The second-order valence-corrected chi connectivity index (χ2v) is 1.18. The van der Waals surface area contributed by atoms with E-state index in [0.29, 0.717) is 0 Å². The van der Waals surface area contributed by atoms with Gasteiger partial charge in [0, 0.05) is 0 Å². The van der Waals surface area contributed by atoms with Crippen molar-refractivity contribution in [1.82, 2.24) is 5.32 Å². The number of nitriles is 1. The number of nitrogens with zero attached hydrogens (tertiary/aromatic N) is 1. The molecule has 0 unspecified atom stereocenters. The third-order valence-electron chi connectivity index (χ3n) is 0.503. The van der Waals surface area contributed by atoms with Gasteiger partial charge >= 0.3 is 0 Å². The molecule has 0 aromatic heterocycles. The molecule has 0 atom stereocenters. The third-order valence-corrected chi connectivity index (χ3v) is 0.503. The smallest absolute Gasteiger partial charge is 0.250 e. The first-order valence-electron chi connectivity index (χ1n) is 2.13. The Labute approximate surface area is 46.1 Å². The molecule has 0 aromatic rings. The van der Waals surface area contributed by atoms with Gasteiger partial charge in [-0.2, -0.15) is 5.26 Å². The van der Waals surface area contributed by atoms with E-state index in [0.717, 1.165) is 0 Å². The van der Waals surface area contributed by atoms with Crippen LogP contribution >= 0.6 is 0 Å². The summed E-state index contributed by atoms with van der Waals surface area (Å²) in [6.07, 6.45) is -2.36. The summed E-state index contributed by atoms with van der Waals surface area (Å²) in [6, 6.07) is 1.68. The van der Waals surface area contributed by atoms with Crippen molar-refractivity contribution in [2.45, 2.75) is 6.43 Å². The van der Waals surface area contributed by atoms with Crippen molar-refractivity contribution in [3.63, 3.8) is 0 Å². The van der Waals surface area contributed by atoms with Crippen LogP contribution in [-0.4, -0.2) is 19.5 Å². The second-order valence-electron chi connectivity index (χ2n) is 1.18. The minimum atomic E-state index is -2.36. The lowest BCUT2D eigenvalue weighted by Gasteiger charge is -1.94. The van der Waals surface area contributed by atoms with Gasteiger partial charge in [-0.15, -0.1) is 0 Å². The van der Waals surface area contributed by atoms with E-state index in [9.17, 15) is 8.78 Å². The van der Waals surface area contributed by atoms with E-state index >= 15 is 0 Å². The van der Waals surface area contributed by atoms with Crippen LogP contribution in [-0.2, 0) is 0 Å². The lowest BCUT2D eigenvalue weighted by atomic mass is 10.6. The van der Waals surface area contributed by atoms with Gasteiger partial charge in [0.1, 0.15) is 0 Å². The molecule has 0 bridgehead atoms. The minimum Gasteiger partial charge on any atom is -0.299 e. The fourth-order valence-corrected chi connectivity index (χ4v) is 0.237. The molecule has 0 saturated carbocycles.